The second-order valence-electron chi connectivity index (χ2n) is 2.24. The predicted octanol–water partition coefficient (Wildman–Crippen LogP) is 0.739. The molecule has 1 saturated carbocycles. The van der Waals surface area contributed by atoms with E-state index in [1.807, 2.05) is 0 Å². The Labute approximate surface area is 47.8 Å². The van der Waals surface area contributed by atoms with Crippen LogP contribution in [0.25, 0.3) is 0 Å². The SMILES string of the molecule is OOC1(O)CCCC1. The van der Waals surface area contributed by atoms with Gasteiger partial charge in [0.05, 0.1) is 0 Å². The van der Waals surface area contributed by atoms with Crippen molar-refractivity contribution in [1.82, 2.24) is 0 Å². The molecule has 1 rings (SSSR count). The van der Waals surface area contributed by atoms with E-state index in [4.69, 9.17) is 10.4 Å². The van der Waals surface area contributed by atoms with Gasteiger partial charge in [0.2, 0.25) is 0 Å². The molecule has 3 heteroatoms. The summed E-state index contributed by atoms with van der Waals surface area (Å²) in [6, 6.07) is 0. The minimum absolute atomic E-state index is 0.559. The molecule has 0 atom stereocenters. The Morgan fingerprint density at radius 3 is 2.00 bits per heavy atom. The molecule has 0 radical (unpaired) electrons. The van der Waals surface area contributed by atoms with Gasteiger partial charge in [0.1, 0.15) is 0 Å². The molecule has 0 aromatic heterocycles. The molecule has 1 aliphatic rings. The molecule has 2 N–H and O–H groups in total. The van der Waals surface area contributed by atoms with E-state index >= 15 is 0 Å². The summed E-state index contributed by atoms with van der Waals surface area (Å²) < 4.78 is 0. The highest BCUT2D eigenvalue weighted by Crippen LogP contribution is 2.29. The van der Waals surface area contributed by atoms with Crippen LogP contribution in [0.1, 0.15) is 25.7 Å². The highest BCUT2D eigenvalue weighted by atomic mass is 17.1. The summed E-state index contributed by atoms with van der Waals surface area (Å²) in [5, 5.41) is 17.1. The number of hydrogen-bond donors (Lipinski definition) is 2. The second kappa shape index (κ2) is 2.01. The maximum absolute atomic E-state index is 9.03. The molecule has 0 aromatic rings. The first-order valence-corrected chi connectivity index (χ1v) is 2.82. The van der Waals surface area contributed by atoms with Crippen LogP contribution in [0.4, 0.5) is 0 Å². The summed E-state index contributed by atoms with van der Waals surface area (Å²) in [6.45, 7) is 0. The Morgan fingerprint density at radius 1 is 1.25 bits per heavy atom. The largest absolute Gasteiger partial charge is 0.363 e. The minimum Gasteiger partial charge on any atom is -0.363 e. The summed E-state index contributed by atoms with van der Waals surface area (Å²) in [6.07, 6.45) is 3.00. The van der Waals surface area contributed by atoms with Crippen LogP contribution in [0.5, 0.6) is 0 Å². The van der Waals surface area contributed by atoms with Gasteiger partial charge in [-0.3, -0.25) is 0 Å². The third-order valence-corrected chi connectivity index (χ3v) is 1.55. The third-order valence-electron chi connectivity index (χ3n) is 1.55. The maximum atomic E-state index is 9.03. The zero-order valence-corrected chi connectivity index (χ0v) is 4.63. The molecule has 1 aliphatic carbocycles. The van der Waals surface area contributed by atoms with Crippen molar-refractivity contribution in [3.8, 4) is 0 Å². The molecule has 8 heavy (non-hydrogen) atoms. The average molecular weight is 118 g/mol. The van der Waals surface area contributed by atoms with Crippen molar-refractivity contribution in [1.29, 1.82) is 0 Å². The third kappa shape index (κ3) is 0.992. The smallest absolute Gasteiger partial charge is 0.198 e. The fourth-order valence-corrected chi connectivity index (χ4v) is 1.02. The van der Waals surface area contributed by atoms with Gasteiger partial charge >= 0.3 is 0 Å². The lowest BCUT2D eigenvalue weighted by molar-refractivity contribution is -0.389. The van der Waals surface area contributed by atoms with Crippen LogP contribution < -0.4 is 0 Å². The van der Waals surface area contributed by atoms with Crippen molar-refractivity contribution in [2.75, 3.05) is 0 Å². The van der Waals surface area contributed by atoms with Crippen molar-refractivity contribution in [2.45, 2.75) is 31.5 Å². The van der Waals surface area contributed by atoms with Crippen LogP contribution in [-0.2, 0) is 4.89 Å². The first-order valence-electron chi connectivity index (χ1n) is 2.82. The number of rotatable bonds is 1. The standard InChI is InChI=1S/C5H10O3/c6-5(8-7)3-1-2-4-5/h6-7H,1-4H2. The van der Waals surface area contributed by atoms with Crippen molar-refractivity contribution in [3.63, 3.8) is 0 Å². The zero-order chi connectivity index (χ0) is 6.04. The van der Waals surface area contributed by atoms with E-state index in [1.54, 1.807) is 0 Å². The van der Waals surface area contributed by atoms with Crippen LogP contribution in [0.15, 0.2) is 0 Å². The van der Waals surface area contributed by atoms with E-state index in [0.29, 0.717) is 12.8 Å². The van der Waals surface area contributed by atoms with Crippen molar-refractivity contribution < 1.29 is 15.3 Å². The molecule has 0 unspecified atom stereocenters. The fraction of sp³-hybridized carbons (Fsp3) is 1.00. The fourth-order valence-electron chi connectivity index (χ4n) is 1.02. The molecule has 1 fully saturated rings. The van der Waals surface area contributed by atoms with Crippen molar-refractivity contribution >= 4 is 0 Å². The Bertz CT molecular complexity index is 75.7. The number of aliphatic hydroxyl groups is 1. The van der Waals surface area contributed by atoms with Gasteiger partial charge in [-0.25, -0.2) is 10.1 Å². The highest BCUT2D eigenvalue weighted by molar-refractivity contribution is 4.72. The van der Waals surface area contributed by atoms with E-state index in [2.05, 4.69) is 4.89 Å². The topological polar surface area (TPSA) is 49.7 Å². The quantitative estimate of drug-likeness (QED) is 0.303. The normalized spacial score (nSPS) is 26.2. The van der Waals surface area contributed by atoms with Crippen LogP contribution in [0, 0.1) is 0 Å². The second-order valence-corrected chi connectivity index (χ2v) is 2.24. The first-order chi connectivity index (χ1) is 3.77. The lowest BCUT2D eigenvalue weighted by Crippen LogP contribution is -2.26. The predicted molar refractivity (Wildman–Crippen MR) is 27.1 cm³/mol. The maximum Gasteiger partial charge on any atom is 0.198 e. The molecule has 0 heterocycles. The van der Waals surface area contributed by atoms with Crippen LogP contribution in [0.2, 0.25) is 0 Å². The van der Waals surface area contributed by atoms with E-state index in [9.17, 15) is 0 Å². The Kier molecular flexibility index (Phi) is 1.51. The van der Waals surface area contributed by atoms with Crippen molar-refractivity contribution in [2.24, 2.45) is 0 Å². The zero-order valence-electron chi connectivity index (χ0n) is 4.63. The van der Waals surface area contributed by atoms with Crippen LogP contribution in [-0.4, -0.2) is 16.2 Å². The average Bonchev–Trinajstić information content (AvgIpc) is 2.17. The molecular formula is C5H10O3. The molecule has 0 saturated heterocycles. The van der Waals surface area contributed by atoms with Gasteiger partial charge in [0.15, 0.2) is 5.79 Å². The molecule has 48 valence electrons. The van der Waals surface area contributed by atoms with Crippen LogP contribution in [0.3, 0.4) is 0 Å². The molecule has 3 nitrogen and oxygen atoms in total. The lowest BCUT2D eigenvalue weighted by Gasteiger charge is -2.15. The summed E-state index contributed by atoms with van der Waals surface area (Å²) in [4.78, 5) is 3.85. The van der Waals surface area contributed by atoms with Gasteiger partial charge in [-0.2, -0.15) is 0 Å². The summed E-state index contributed by atoms with van der Waals surface area (Å²) in [5.41, 5.74) is 0. The van der Waals surface area contributed by atoms with Gasteiger partial charge in [0, 0.05) is 12.8 Å². The minimum atomic E-state index is -1.21. The Balaban J connectivity index is 2.40. The molecular weight excluding hydrogens is 108 g/mol. The van der Waals surface area contributed by atoms with Gasteiger partial charge in [-0.1, -0.05) is 0 Å². The lowest BCUT2D eigenvalue weighted by atomic mass is 10.2. The first kappa shape index (κ1) is 6.01. The van der Waals surface area contributed by atoms with Gasteiger partial charge < -0.3 is 5.11 Å². The van der Waals surface area contributed by atoms with Gasteiger partial charge in [-0.15, -0.1) is 0 Å². The van der Waals surface area contributed by atoms with Gasteiger partial charge in [0.25, 0.3) is 0 Å². The molecule has 0 spiro atoms. The molecule has 0 amide bonds. The van der Waals surface area contributed by atoms with E-state index in [0.717, 1.165) is 12.8 Å². The molecule has 0 aliphatic heterocycles. The molecule has 0 aromatic carbocycles. The Hall–Kier alpha value is -0.120. The van der Waals surface area contributed by atoms with Gasteiger partial charge in [-0.05, 0) is 12.8 Å². The van der Waals surface area contributed by atoms with E-state index in [-0.39, 0.29) is 0 Å². The summed E-state index contributed by atoms with van der Waals surface area (Å²) >= 11 is 0. The summed E-state index contributed by atoms with van der Waals surface area (Å²) in [7, 11) is 0. The highest BCUT2D eigenvalue weighted by Gasteiger charge is 2.32. The summed E-state index contributed by atoms with van der Waals surface area (Å²) in [5.74, 6) is -1.21. The van der Waals surface area contributed by atoms with Crippen molar-refractivity contribution in [3.05, 3.63) is 0 Å². The number of hydrogen-bond acceptors (Lipinski definition) is 3. The molecule has 0 bridgehead atoms. The van der Waals surface area contributed by atoms with E-state index in [1.165, 1.54) is 0 Å². The van der Waals surface area contributed by atoms with E-state index < -0.39 is 5.79 Å². The van der Waals surface area contributed by atoms with Crippen LogP contribution >= 0.6 is 0 Å². The Morgan fingerprint density at radius 2 is 1.75 bits per heavy atom. The monoisotopic (exact) mass is 118 g/mol.